The summed E-state index contributed by atoms with van der Waals surface area (Å²) in [6.45, 7) is 12.8. The summed E-state index contributed by atoms with van der Waals surface area (Å²) in [5.41, 5.74) is 5.78. The lowest BCUT2D eigenvalue weighted by Crippen LogP contribution is -2.44. The second-order valence-electron chi connectivity index (χ2n) is 9.99. The number of carbonyl (C=O) groups is 1. The summed E-state index contributed by atoms with van der Waals surface area (Å²) < 4.78 is 5.55. The van der Waals surface area contributed by atoms with Gasteiger partial charge in [-0.2, -0.15) is 4.98 Å². The topological polar surface area (TPSA) is 71.3 Å². The Morgan fingerprint density at radius 3 is 2.68 bits per heavy atom. The second-order valence-corrected chi connectivity index (χ2v) is 9.99. The minimum atomic E-state index is -0.0421. The third-order valence-electron chi connectivity index (χ3n) is 6.81. The third-order valence-corrected chi connectivity index (χ3v) is 6.81. The van der Waals surface area contributed by atoms with E-state index in [9.17, 15) is 4.79 Å². The summed E-state index contributed by atoms with van der Waals surface area (Å²) in [6.07, 6.45) is 1.88. The van der Waals surface area contributed by atoms with Crippen molar-refractivity contribution in [2.24, 2.45) is 11.8 Å². The first kappa shape index (κ1) is 24.1. The molecule has 1 aliphatic rings. The van der Waals surface area contributed by atoms with Crippen molar-refractivity contribution in [3.05, 3.63) is 70.6 Å². The average Bonchev–Trinajstić information content (AvgIpc) is 3.26. The molecule has 0 radical (unpaired) electrons. The Balaban J connectivity index is 1.40. The largest absolute Gasteiger partial charge is 0.349 e. The molecule has 1 aliphatic heterocycles. The SMILES string of the molecule is Cc1ccc(C(NC(=O)C2CCCN(Cc3nc(-c4ccccc4C)no3)C2)C(C)C)c(C)c1. The number of rotatable bonds is 7. The number of aromatic nitrogens is 2. The summed E-state index contributed by atoms with van der Waals surface area (Å²) in [6, 6.07) is 14.5. The molecule has 0 bridgehead atoms. The Hall–Kier alpha value is -2.99. The maximum Gasteiger partial charge on any atom is 0.241 e. The standard InChI is InChI=1S/C28H36N4O2/c1-18(2)26(23-13-12-19(3)15-21(23)5)30-28(33)22-10-8-14-32(16-22)17-25-29-27(31-34-25)24-11-7-6-9-20(24)4/h6-7,9,11-13,15,18,22,26H,8,10,14,16-17H2,1-5H3,(H,30,33). The fraction of sp³-hybridized carbons (Fsp3) is 0.464. The molecule has 34 heavy (non-hydrogen) atoms. The molecule has 2 unspecified atom stereocenters. The van der Waals surface area contributed by atoms with Crippen molar-refractivity contribution >= 4 is 5.91 Å². The number of nitrogens with one attached hydrogen (secondary N) is 1. The summed E-state index contributed by atoms with van der Waals surface area (Å²) >= 11 is 0. The van der Waals surface area contributed by atoms with Gasteiger partial charge in [-0.1, -0.05) is 67.0 Å². The fourth-order valence-electron chi connectivity index (χ4n) is 4.91. The minimum absolute atomic E-state index is 0.0103. The van der Waals surface area contributed by atoms with E-state index < -0.39 is 0 Å². The Morgan fingerprint density at radius 1 is 1.15 bits per heavy atom. The molecule has 2 atom stereocenters. The van der Waals surface area contributed by atoms with Crippen LogP contribution in [-0.2, 0) is 11.3 Å². The lowest BCUT2D eigenvalue weighted by molar-refractivity contribution is -0.128. The van der Waals surface area contributed by atoms with E-state index in [-0.39, 0.29) is 17.9 Å². The van der Waals surface area contributed by atoms with Crippen LogP contribution in [0.15, 0.2) is 47.0 Å². The van der Waals surface area contributed by atoms with Crippen LogP contribution >= 0.6 is 0 Å². The molecule has 1 N–H and O–H groups in total. The lowest BCUT2D eigenvalue weighted by atomic mass is 9.90. The highest BCUT2D eigenvalue weighted by atomic mass is 16.5. The highest BCUT2D eigenvalue weighted by molar-refractivity contribution is 5.79. The summed E-state index contributed by atoms with van der Waals surface area (Å²) in [5.74, 6) is 1.61. The van der Waals surface area contributed by atoms with Crippen molar-refractivity contribution in [2.45, 2.75) is 60.0 Å². The Morgan fingerprint density at radius 2 is 1.94 bits per heavy atom. The van der Waals surface area contributed by atoms with Gasteiger partial charge in [0.15, 0.2) is 0 Å². The van der Waals surface area contributed by atoms with Crippen molar-refractivity contribution < 1.29 is 9.32 Å². The highest BCUT2D eigenvalue weighted by Crippen LogP contribution is 2.27. The van der Waals surface area contributed by atoms with Crippen LogP contribution in [-0.4, -0.2) is 34.0 Å². The van der Waals surface area contributed by atoms with Gasteiger partial charge in [-0.05, 0) is 62.8 Å². The molecule has 1 fully saturated rings. The molecule has 3 aromatic rings. The number of benzene rings is 2. The number of aryl methyl sites for hydroxylation is 3. The summed E-state index contributed by atoms with van der Waals surface area (Å²) in [7, 11) is 0. The maximum absolute atomic E-state index is 13.3. The lowest BCUT2D eigenvalue weighted by Gasteiger charge is -2.33. The van der Waals surface area contributed by atoms with Crippen LogP contribution in [0.4, 0.5) is 0 Å². The zero-order valence-corrected chi connectivity index (χ0v) is 21.0. The molecular weight excluding hydrogens is 424 g/mol. The van der Waals surface area contributed by atoms with E-state index in [0.717, 1.165) is 30.5 Å². The monoisotopic (exact) mass is 460 g/mol. The van der Waals surface area contributed by atoms with E-state index in [0.29, 0.717) is 30.7 Å². The van der Waals surface area contributed by atoms with Gasteiger partial charge in [-0.25, -0.2) is 0 Å². The molecule has 6 nitrogen and oxygen atoms in total. The number of likely N-dealkylation sites (tertiary alicyclic amines) is 1. The average molecular weight is 461 g/mol. The Kier molecular flexibility index (Phi) is 7.47. The molecule has 0 saturated carbocycles. The summed E-state index contributed by atoms with van der Waals surface area (Å²) in [5, 5.41) is 7.54. The minimum Gasteiger partial charge on any atom is -0.349 e. The van der Waals surface area contributed by atoms with Gasteiger partial charge in [0.1, 0.15) is 0 Å². The van der Waals surface area contributed by atoms with Gasteiger partial charge in [-0.15, -0.1) is 0 Å². The van der Waals surface area contributed by atoms with Gasteiger partial charge < -0.3 is 9.84 Å². The van der Waals surface area contributed by atoms with Crippen LogP contribution in [0.1, 0.15) is 60.9 Å². The molecule has 2 heterocycles. The van der Waals surface area contributed by atoms with Crippen molar-refractivity contribution in [3.63, 3.8) is 0 Å². The smallest absolute Gasteiger partial charge is 0.241 e. The molecule has 0 spiro atoms. The van der Waals surface area contributed by atoms with E-state index in [4.69, 9.17) is 4.52 Å². The van der Waals surface area contributed by atoms with Gasteiger partial charge in [0.05, 0.1) is 18.5 Å². The third kappa shape index (κ3) is 5.55. The first-order chi connectivity index (χ1) is 16.3. The van der Waals surface area contributed by atoms with Crippen molar-refractivity contribution in [1.29, 1.82) is 0 Å². The van der Waals surface area contributed by atoms with Crippen LogP contribution in [0.2, 0.25) is 0 Å². The van der Waals surface area contributed by atoms with Gasteiger partial charge >= 0.3 is 0 Å². The normalized spacial score (nSPS) is 17.6. The van der Waals surface area contributed by atoms with E-state index >= 15 is 0 Å². The van der Waals surface area contributed by atoms with E-state index in [2.05, 4.69) is 66.3 Å². The molecular formula is C28H36N4O2. The van der Waals surface area contributed by atoms with Crippen LogP contribution in [0.3, 0.4) is 0 Å². The van der Waals surface area contributed by atoms with Crippen LogP contribution < -0.4 is 5.32 Å². The number of hydrogen-bond acceptors (Lipinski definition) is 5. The highest BCUT2D eigenvalue weighted by Gasteiger charge is 2.29. The number of carbonyl (C=O) groups excluding carboxylic acids is 1. The molecule has 1 amide bonds. The van der Waals surface area contributed by atoms with Crippen LogP contribution in [0.5, 0.6) is 0 Å². The van der Waals surface area contributed by atoms with Crippen molar-refractivity contribution in [3.8, 4) is 11.4 Å². The molecule has 6 heteroatoms. The molecule has 180 valence electrons. The molecule has 1 aromatic heterocycles. The molecule has 0 aliphatic carbocycles. The second kappa shape index (κ2) is 10.5. The molecule has 4 rings (SSSR count). The number of hydrogen-bond donors (Lipinski definition) is 1. The number of nitrogens with zero attached hydrogens (tertiary/aromatic N) is 3. The quantitative estimate of drug-likeness (QED) is 0.512. The first-order valence-corrected chi connectivity index (χ1v) is 12.3. The zero-order valence-electron chi connectivity index (χ0n) is 21.0. The maximum atomic E-state index is 13.3. The predicted octanol–water partition coefficient (Wildman–Crippen LogP) is 5.39. The van der Waals surface area contributed by atoms with E-state index in [1.165, 1.54) is 16.7 Å². The van der Waals surface area contributed by atoms with Gasteiger partial charge in [0.2, 0.25) is 17.6 Å². The van der Waals surface area contributed by atoms with Gasteiger partial charge in [0, 0.05) is 12.1 Å². The number of amides is 1. The van der Waals surface area contributed by atoms with E-state index in [1.807, 2.05) is 31.2 Å². The van der Waals surface area contributed by atoms with Gasteiger partial charge in [0.25, 0.3) is 0 Å². The van der Waals surface area contributed by atoms with Crippen molar-refractivity contribution in [1.82, 2.24) is 20.4 Å². The Labute approximate surface area is 202 Å². The summed E-state index contributed by atoms with van der Waals surface area (Å²) in [4.78, 5) is 20.2. The zero-order chi connectivity index (χ0) is 24.2. The van der Waals surface area contributed by atoms with Gasteiger partial charge in [-0.3, -0.25) is 9.69 Å². The van der Waals surface area contributed by atoms with E-state index in [1.54, 1.807) is 0 Å². The fourth-order valence-corrected chi connectivity index (χ4v) is 4.91. The van der Waals surface area contributed by atoms with Crippen LogP contribution in [0, 0.1) is 32.6 Å². The molecule has 2 aromatic carbocycles. The Bertz CT molecular complexity index is 1140. The predicted molar refractivity (Wildman–Crippen MR) is 134 cm³/mol. The van der Waals surface area contributed by atoms with Crippen molar-refractivity contribution in [2.75, 3.05) is 13.1 Å². The first-order valence-electron chi connectivity index (χ1n) is 12.3. The molecule has 1 saturated heterocycles. The van der Waals surface area contributed by atoms with Crippen LogP contribution in [0.25, 0.3) is 11.4 Å². The number of piperidine rings is 1.